The lowest BCUT2D eigenvalue weighted by Crippen LogP contribution is -2.36. The number of rotatable bonds is 4. The van der Waals surface area contributed by atoms with Gasteiger partial charge in [-0.25, -0.2) is 4.39 Å². The number of amides is 1. The molecule has 2 unspecified atom stereocenters. The summed E-state index contributed by atoms with van der Waals surface area (Å²) in [5.41, 5.74) is 0.505. The minimum Gasteiger partial charge on any atom is -0.322 e. The van der Waals surface area contributed by atoms with Crippen molar-refractivity contribution < 1.29 is 9.18 Å². The van der Waals surface area contributed by atoms with Gasteiger partial charge in [-0.05, 0) is 56.6 Å². The molecule has 0 bridgehead atoms. The molecule has 25 heavy (non-hydrogen) atoms. The van der Waals surface area contributed by atoms with Crippen molar-refractivity contribution in [2.45, 2.75) is 36.0 Å². The van der Waals surface area contributed by atoms with Crippen LogP contribution in [0.4, 0.5) is 10.1 Å². The molecule has 2 N–H and O–H groups in total. The van der Waals surface area contributed by atoms with Gasteiger partial charge in [-0.15, -0.1) is 11.8 Å². The van der Waals surface area contributed by atoms with Crippen molar-refractivity contribution in [3.8, 4) is 0 Å². The van der Waals surface area contributed by atoms with Gasteiger partial charge in [0.25, 0.3) is 5.91 Å². The fraction of sp³-hybridized carbons (Fsp3) is 0.316. The van der Waals surface area contributed by atoms with Gasteiger partial charge in [-0.1, -0.05) is 23.7 Å². The zero-order chi connectivity index (χ0) is 17.8. The molecule has 3 rings (SSSR count). The summed E-state index contributed by atoms with van der Waals surface area (Å²) in [6.07, 6.45) is 2.24. The Balaban J connectivity index is 1.70. The molecule has 1 heterocycles. The summed E-state index contributed by atoms with van der Waals surface area (Å²) in [5.74, 6) is -1.17. The lowest BCUT2D eigenvalue weighted by Gasteiger charge is -2.27. The number of anilines is 1. The van der Waals surface area contributed by atoms with Gasteiger partial charge in [0.15, 0.2) is 0 Å². The van der Waals surface area contributed by atoms with Crippen LogP contribution in [0.3, 0.4) is 0 Å². The first-order chi connectivity index (χ1) is 12.0. The normalized spacial score (nSPS) is 20.3. The number of benzene rings is 2. The summed E-state index contributed by atoms with van der Waals surface area (Å²) in [7, 11) is 0. The number of carbonyl (C=O) groups is 1. The zero-order valence-corrected chi connectivity index (χ0v) is 15.5. The molecule has 1 fully saturated rings. The van der Waals surface area contributed by atoms with Crippen LogP contribution in [0.25, 0.3) is 0 Å². The van der Waals surface area contributed by atoms with Crippen LogP contribution in [0.1, 0.15) is 30.1 Å². The first-order valence-corrected chi connectivity index (χ1v) is 9.54. The van der Waals surface area contributed by atoms with Gasteiger partial charge in [-0.3, -0.25) is 4.79 Å². The predicted octanol–water partition coefficient (Wildman–Crippen LogP) is 4.96. The Labute approximate surface area is 156 Å². The van der Waals surface area contributed by atoms with E-state index in [2.05, 4.69) is 17.6 Å². The van der Waals surface area contributed by atoms with E-state index in [0.29, 0.717) is 17.0 Å². The lowest BCUT2D eigenvalue weighted by atomic mass is 10.1. The fourth-order valence-electron chi connectivity index (χ4n) is 2.94. The molecular weight excluding hydrogens is 359 g/mol. The van der Waals surface area contributed by atoms with Gasteiger partial charge in [-0.2, -0.15) is 0 Å². The number of hydrogen-bond acceptors (Lipinski definition) is 3. The van der Waals surface area contributed by atoms with E-state index in [4.69, 9.17) is 11.6 Å². The van der Waals surface area contributed by atoms with Crippen LogP contribution in [0.5, 0.6) is 0 Å². The third kappa shape index (κ3) is 4.75. The van der Waals surface area contributed by atoms with Crippen LogP contribution in [0.2, 0.25) is 5.02 Å². The third-order valence-corrected chi connectivity index (χ3v) is 5.76. The van der Waals surface area contributed by atoms with Gasteiger partial charge in [0, 0.05) is 21.9 Å². The van der Waals surface area contributed by atoms with Crippen LogP contribution in [0, 0.1) is 5.82 Å². The van der Waals surface area contributed by atoms with Crippen molar-refractivity contribution in [2.75, 3.05) is 11.9 Å². The highest BCUT2D eigenvalue weighted by atomic mass is 35.5. The highest BCUT2D eigenvalue weighted by Crippen LogP contribution is 2.31. The summed E-state index contributed by atoms with van der Waals surface area (Å²) in [5, 5.41) is 6.84. The molecular formula is C19H20ClFN2OS. The van der Waals surface area contributed by atoms with E-state index >= 15 is 0 Å². The maximum atomic E-state index is 13.9. The molecule has 0 spiro atoms. The van der Waals surface area contributed by atoms with Crippen molar-refractivity contribution in [3.05, 3.63) is 58.9 Å². The highest BCUT2D eigenvalue weighted by molar-refractivity contribution is 8.00. The summed E-state index contributed by atoms with van der Waals surface area (Å²) < 4.78 is 13.9. The number of thioether (sulfide) groups is 1. The number of carbonyl (C=O) groups excluding carboxylic acids is 1. The van der Waals surface area contributed by atoms with Gasteiger partial charge in [0.2, 0.25) is 0 Å². The number of nitrogens with one attached hydrogen (secondary N) is 2. The fourth-order valence-corrected chi connectivity index (χ4v) is 4.55. The van der Waals surface area contributed by atoms with Crippen molar-refractivity contribution in [3.63, 3.8) is 0 Å². The van der Waals surface area contributed by atoms with Gasteiger partial charge in [0.1, 0.15) is 5.82 Å². The summed E-state index contributed by atoms with van der Waals surface area (Å²) in [6.45, 7) is 3.22. The van der Waals surface area contributed by atoms with E-state index in [9.17, 15) is 9.18 Å². The van der Waals surface area contributed by atoms with Crippen LogP contribution in [0.15, 0.2) is 47.4 Å². The number of halogens is 2. The topological polar surface area (TPSA) is 41.1 Å². The molecule has 1 aliphatic rings. The molecule has 0 saturated carbocycles. The minimum absolute atomic E-state index is 0.103. The first-order valence-electron chi connectivity index (χ1n) is 8.28. The number of hydrogen-bond donors (Lipinski definition) is 2. The maximum absolute atomic E-state index is 13.9. The van der Waals surface area contributed by atoms with Crippen molar-refractivity contribution in [1.82, 2.24) is 5.32 Å². The second kappa shape index (κ2) is 8.21. The van der Waals surface area contributed by atoms with Crippen LogP contribution < -0.4 is 10.6 Å². The van der Waals surface area contributed by atoms with Crippen LogP contribution >= 0.6 is 23.4 Å². The Morgan fingerprint density at radius 1 is 1.32 bits per heavy atom. The van der Waals surface area contributed by atoms with E-state index in [-0.39, 0.29) is 10.6 Å². The minimum atomic E-state index is -0.626. The van der Waals surface area contributed by atoms with Crippen molar-refractivity contribution >= 4 is 35.0 Å². The average Bonchev–Trinajstić information content (AvgIpc) is 2.55. The van der Waals surface area contributed by atoms with Gasteiger partial charge < -0.3 is 10.6 Å². The summed E-state index contributed by atoms with van der Waals surface area (Å²) in [6, 6.07) is 12.4. The van der Waals surface area contributed by atoms with Gasteiger partial charge in [0.05, 0.1) is 10.6 Å². The lowest BCUT2D eigenvalue weighted by molar-refractivity contribution is 0.102. The zero-order valence-electron chi connectivity index (χ0n) is 13.9. The van der Waals surface area contributed by atoms with Gasteiger partial charge >= 0.3 is 0 Å². The molecule has 1 saturated heterocycles. The summed E-state index contributed by atoms with van der Waals surface area (Å²) in [4.78, 5) is 13.4. The first kappa shape index (κ1) is 18.2. The Kier molecular flexibility index (Phi) is 5.99. The third-order valence-electron chi connectivity index (χ3n) is 4.16. The predicted molar refractivity (Wildman–Crippen MR) is 102 cm³/mol. The smallest absolute Gasteiger partial charge is 0.260 e. The van der Waals surface area contributed by atoms with E-state index in [0.717, 1.165) is 24.3 Å². The van der Waals surface area contributed by atoms with Crippen molar-refractivity contribution in [2.24, 2.45) is 0 Å². The Morgan fingerprint density at radius 3 is 2.88 bits per heavy atom. The molecule has 0 aliphatic carbocycles. The molecule has 0 radical (unpaired) electrons. The molecule has 1 amide bonds. The van der Waals surface area contributed by atoms with E-state index < -0.39 is 11.7 Å². The van der Waals surface area contributed by atoms with Crippen molar-refractivity contribution in [1.29, 1.82) is 0 Å². The molecule has 2 atom stereocenters. The standard InChI is InChI=1S/C19H20ClFN2OS/c1-12-10-15(8-9-22-12)25-14-5-2-4-13(11-14)23-19(24)18-16(20)6-3-7-17(18)21/h2-7,11-12,15,22H,8-10H2,1H3,(H,23,24). The Morgan fingerprint density at radius 2 is 2.12 bits per heavy atom. The molecule has 132 valence electrons. The Bertz CT molecular complexity index is 751. The SMILES string of the molecule is CC1CC(Sc2cccc(NC(=O)c3c(F)cccc3Cl)c2)CCN1. The molecule has 6 heteroatoms. The van der Waals surface area contributed by atoms with E-state index in [1.165, 1.54) is 18.2 Å². The molecule has 3 nitrogen and oxygen atoms in total. The highest BCUT2D eigenvalue weighted by Gasteiger charge is 2.20. The molecule has 1 aliphatic heterocycles. The molecule has 0 aromatic heterocycles. The monoisotopic (exact) mass is 378 g/mol. The molecule has 2 aromatic rings. The second-order valence-electron chi connectivity index (χ2n) is 6.20. The second-order valence-corrected chi connectivity index (χ2v) is 7.98. The summed E-state index contributed by atoms with van der Waals surface area (Å²) >= 11 is 7.77. The average molecular weight is 379 g/mol. The maximum Gasteiger partial charge on any atom is 0.260 e. The van der Waals surface area contributed by atoms with Crippen LogP contribution in [-0.2, 0) is 0 Å². The van der Waals surface area contributed by atoms with E-state index in [1.807, 2.05) is 30.0 Å². The van der Waals surface area contributed by atoms with Crippen LogP contribution in [-0.4, -0.2) is 23.7 Å². The quantitative estimate of drug-likeness (QED) is 0.789. The molecule has 2 aromatic carbocycles. The number of piperidine rings is 1. The largest absolute Gasteiger partial charge is 0.322 e. The van der Waals surface area contributed by atoms with E-state index in [1.54, 1.807) is 6.07 Å². The Hall–Kier alpha value is -1.56.